The highest BCUT2D eigenvalue weighted by Crippen LogP contribution is 2.35. The summed E-state index contributed by atoms with van der Waals surface area (Å²) in [6, 6.07) is 6.27. The third-order valence-electron chi connectivity index (χ3n) is 5.64. The molecule has 1 aliphatic heterocycles. The molecule has 7 heteroatoms. The highest BCUT2D eigenvalue weighted by atomic mass is 19.1. The van der Waals surface area contributed by atoms with E-state index in [-0.39, 0.29) is 11.7 Å². The van der Waals surface area contributed by atoms with Gasteiger partial charge < -0.3 is 19.1 Å². The maximum absolute atomic E-state index is 13.5. The van der Waals surface area contributed by atoms with Crippen LogP contribution in [0, 0.1) is 17.7 Å². The SMILES string of the molecule is CC(C)CC(=O)N(Cc1c(-c2ccc(F)cc2)noc1N1CCOCC1)CC1CC1. The minimum absolute atomic E-state index is 0.163. The van der Waals surface area contributed by atoms with Crippen LogP contribution in [0.15, 0.2) is 28.8 Å². The standard InChI is InChI=1S/C23H30FN3O3/c1-16(2)13-21(28)27(14-17-3-4-17)15-20-22(18-5-7-19(24)8-6-18)25-30-23(20)26-9-11-29-12-10-26/h5-8,16-17H,3-4,9-15H2,1-2H3. The first kappa shape index (κ1) is 20.8. The van der Waals surface area contributed by atoms with Gasteiger partial charge in [-0.3, -0.25) is 4.79 Å². The largest absolute Gasteiger partial charge is 0.378 e. The van der Waals surface area contributed by atoms with Crippen LogP contribution in [0.1, 0.15) is 38.7 Å². The number of ether oxygens (including phenoxy) is 1. The zero-order valence-corrected chi connectivity index (χ0v) is 17.8. The number of nitrogens with zero attached hydrogens (tertiary/aromatic N) is 3. The van der Waals surface area contributed by atoms with E-state index in [4.69, 9.17) is 9.26 Å². The van der Waals surface area contributed by atoms with Gasteiger partial charge in [0.05, 0.1) is 25.3 Å². The van der Waals surface area contributed by atoms with E-state index in [1.165, 1.54) is 25.0 Å². The molecule has 1 aromatic carbocycles. The molecular formula is C23H30FN3O3. The third kappa shape index (κ3) is 5.01. The average molecular weight is 416 g/mol. The van der Waals surface area contributed by atoms with E-state index in [9.17, 15) is 9.18 Å². The summed E-state index contributed by atoms with van der Waals surface area (Å²) in [7, 11) is 0. The number of morpholine rings is 1. The van der Waals surface area contributed by atoms with Gasteiger partial charge in [-0.05, 0) is 48.9 Å². The lowest BCUT2D eigenvalue weighted by Gasteiger charge is -2.29. The lowest BCUT2D eigenvalue weighted by molar-refractivity contribution is -0.132. The van der Waals surface area contributed by atoms with E-state index >= 15 is 0 Å². The normalized spacial score (nSPS) is 16.9. The summed E-state index contributed by atoms with van der Waals surface area (Å²) in [5, 5.41) is 4.34. The summed E-state index contributed by atoms with van der Waals surface area (Å²) in [6.45, 7) is 8.04. The fraction of sp³-hybridized carbons (Fsp3) is 0.565. The predicted molar refractivity (Wildman–Crippen MR) is 113 cm³/mol. The molecular weight excluding hydrogens is 385 g/mol. The number of rotatable bonds is 8. The molecule has 2 heterocycles. The second-order valence-electron chi connectivity index (χ2n) is 8.74. The summed E-state index contributed by atoms with van der Waals surface area (Å²) in [5.74, 6) is 1.45. The predicted octanol–water partition coefficient (Wildman–Crippen LogP) is 4.10. The van der Waals surface area contributed by atoms with Gasteiger partial charge in [-0.2, -0.15) is 0 Å². The van der Waals surface area contributed by atoms with E-state index in [0.29, 0.717) is 62.7 Å². The molecule has 0 spiro atoms. The molecule has 0 radical (unpaired) electrons. The van der Waals surface area contributed by atoms with Crippen molar-refractivity contribution >= 4 is 11.8 Å². The Labute approximate surface area is 177 Å². The minimum atomic E-state index is -0.292. The van der Waals surface area contributed by atoms with E-state index in [1.54, 1.807) is 12.1 Å². The maximum Gasteiger partial charge on any atom is 0.233 e. The van der Waals surface area contributed by atoms with E-state index < -0.39 is 0 Å². The van der Waals surface area contributed by atoms with Crippen molar-refractivity contribution in [2.75, 3.05) is 37.7 Å². The molecule has 0 bridgehead atoms. The van der Waals surface area contributed by atoms with Crippen molar-refractivity contribution in [2.45, 2.75) is 39.7 Å². The fourth-order valence-electron chi connectivity index (χ4n) is 3.83. The Hall–Kier alpha value is -2.41. The third-order valence-corrected chi connectivity index (χ3v) is 5.64. The van der Waals surface area contributed by atoms with Crippen LogP contribution in [0.4, 0.5) is 10.3 Å². The first-order chi connectivity index (χ1) is 14.5. The van der Waals surface area contributed by atoms with Crippen LogP contribution < -0.4 is 4.90 Å². The van der Waals surface area contributed by atoms with Crippen LogP contribution in [0.3, 0.4) is 0 Å². The van der Waals surface area contributed by atoms with Gasteiger partial charge in [-0.15, -0.1) is 0 Å². The van der Waals surface area contributed by atoms with Gasteiger partial charge in [-0.25, -0.2) is 4.39 Å². The second kappa shape index (κ2) is 9.16. The van der Waals surface area contributed by atoms with Gasteiger partial charge in [-0.1, -0.05) is 19.0 Å². The Morgan fingerprint density at radius 2 is 1.93 bits per heavy atom. The molecule has 1 saturated carbocycles. The molecule has 1 aliphatic carbocycles. The highest BCUT2D eigenvalue weighted by Gasteiger charge is 2.31. The lowest BCUT2D eigenvalue weighted by Crippen LogP contribution is -2.38. The average Bonchev–Trinajstić information content (AvgIpc) is 3.46. The Morgan fingerprint density at radius 1 is 1.23 bits per heavy atom. The summed E-state index contributed by atoms with van der Waals surface area (Å²) >= 11 is 0. The molecule has 1 saturated heterocycles. The summed E-state index contributed by atoms with van der Waals surface area (Å²) in [4.78, 5) is 17.1. The molecule has 2 aliphatic rings. The number of carbonyl (C=O) groups excluding carboxylic acids is 1. The molecule has 1 amide bonds. The van der Waals surface area contributed by atoms with Gasteiger partial charge in [0, 0.05) is 31.6 Å². The first-order valence-electron chi connectivity index (χ1n) is 10.9. The summed E-state index contributed by atoms with van der Waals surface area (Å²) in [5.41, 5.74) is 2.35. The van der Waals surface area contributed by atoms with Crippen molar-refractivity contribution in [1.82, 2.24) is 10.1 Å². The summed E-state index contributed by atoms with van der Waals surface area (Å²) < 4.78 is 24.7. The Bertz CT molecular complexity index is 855. The number of aromatic nitrogens is 1. The van der Waals surface area contributed by atoms with Crippen molar-refractivity contribution in [3.05, 3.63) is 35.6 Å². The number of hydrogen-bond acceptors (Lipinski definition) is 5. The van der Waals surface area contributed by atoms with Crippen molar-refractivity contribution in [2.24, 2.45) is 11.8 Å². The van der Waals surface area contributed by atoms with Gasteiger partial charge in [0.15, 0.2) is 0 Å². The van der Waals surface area contributed by atoms with Crippen LogP contribution >= 0.6 is 0 Å². The number of halogens is 1. The van der Waals surface area contributed by atoms with Gasteiger partial charge in [0.25, 0.3) is 0 Å². The van der Waals surface area contributed by atoms with Gasteiger partial charge in [0.2, 0.25) is 11.8 Å². The van der Waals surface area contributed by atoms with E-state index in [2.05, 4.69) is 23.9 Å². The highest BCUT2D eigenvalue weighted by molar-refractivity contribution is 5.77. The van der Waals surface area contributed by atoms with Crippen molar-refractivity contribution in [1.29, 1.82) is 0 Å². The molecule has 0 unspecified atom stereocenters. The quantitative estimate of drug-likeness (QED) is 0.650. The first-order valence-corrected chi connectivity index (χ1v) is 10.9. The second-order valence-corrected chi connectivity index (χ2v) is 8.74. The van der Waals surface area contributed by atoms with E-state index in [0.717, 1.165) is 17.7 Å². The topological polar surface area (TPSA) is 58.8 Å². The number of amides is 1. The molecule has 0 N–H and O–H groups in total. The zero-order valence-electron chi connectivity index (χ0n) is 17.8. The smallest absolute Gasteiger partial charge is 0.233 e. The molecule has 2 fully saturated rings. The lowest BCUT2D eigenvalue weighted by atomic mass is 10.1. The van der Waals surface area contributed by atoms with Crippen LogP contribution in [0.25, 0.3) is 11.3 Å². The zero-order chi connectivity index (χ0) is 21.1. The molecule has 162 valence electrons. The van der Waals surface area contributed by atoms with Crippen LogP contribution in [-0.4, -0.2) is 48.8 Å². The number of anilines is 1. The number of carbonyl (C=O) groups is 1. The van der Waals surface area contributed by atoms with E-state index in [1.807, 2.05) is 4.90 Å². The van der Waals surface area contributed by atoms with Gasteiger partial charge in [0.1, 0.15) is 11.5 Å². The Morgan fingerprint density at radius 3 is 2.57 bits per heavy atom. The fourth-order valence-corrected chi connectivity index (χ4v) is 3.83. The van der Waals surface area contributed by atoms with Crippen LogP contribution in [-0.2, 0) is 16.1 Å². The monoisotopic (exact) mass is 415 g/mol. The Balaban J connectivity index is 1.67. The summed E-state index contributed by atoms with van der Waals surface area (Å²) in [6.07, 6.45) is 2.88. The molecule has 30 heavy (non-hydrogen) atoms. The molecule has 2 aromatic rings. The van der Waals surface area contributed by atoms with Crippen molar-refractivity contribution in [3.8, 4) is 11.3 Å². The van der Waals surface area contributed by atoms with Crippen molar-refractivity contribution < 1.29 is 18.4 Å². The number of hydrogen-bond donors (Lipinski definition) is 0. The van der Waals surface area contributed by atoms with Crippen LogP contribution in [0.2, 0.25) is 0 Å². The maximum atomic E-state index is 13.5. The molecule has 6 nitrogen and oxygen atoms in total. The van der Waals surface area contributed by atoms with Crippen molar-refractivity contribution in [3.63, 3.8) is 0 Å². The molecule has 1 aromatic heterocycles. The van der Waals surface area contributed by atoms with Gasteiger partial charge >= 0.3 is 0 Å². The Kier molecular flexibility index (Phi) is 6.37. The van der Waals surface area contributed by atoms with Crippen LogP contribution in [0.5, 0.6) is 0 Å². The number of benzene rings is 1. The minimum Gasteiger partial charge on any atom is -0.378 e. The molecule has 0 atom stereocenters. The molecule has 4 rings (SSSR count).